The summed E-state index contributed by atoms with van der Waals surface area (Å²) in [5, 5.41) is 10.6. The third-order valence-electron chi connectivity index (χ3n) is 6.11. The number of methoxy groups -OCH3 is 1. The lowest BCUT2D eigenvalue weighted by Crippen LogP contribution is -2.28. The molecule has 35 heavy (non-hydrogen) atoms. The summed E-state index contributed by atoms with van der Waals surface area (Å²) in [5.41, 5.74) is 4.82. The number of aliphatic hydroxyl groups is 1. The predicted molar refractivity (Wildman–Crippen MR) is 136 cm³/mol. The van der Waals surface area contributed by atoms with Crippen molar-refractivity contribution in [3.05, 3.63) is 95.7 Å². The van der Waals surface area contributed by atoms with Gasteiger partial charge in [-0.05, 0) is 35.4 Å². The lowest BCUT2D eigenvalue weighted by atomic mass is 9.94. The van der Waals surface area contributed by atoms with Crippen LogP contribution in [0.3, 0.4) is 0 Å². The lowest BCUT2D eigenvalue weighted by molar-refractivity contribution is -0.130. The number of pyridine rings is 1. The van der Waals surface area contributed by atoms with E-state index < -0.39 is 5.92 Å². The van der Waals surface area contributed by atoms with E-state index in [-0.39, 0.29) is 12.5 Å². The first kappa shape index (κ1) is 24.1. The van der Waals surface area contributed by atoms with Crippen LogP contribution < -0.4 is 4.74 Å². The number of hydrogen-bond donors (Lipinski definition) is 1. The third-order valence-corrected chi connectivity index (χ3v) is 6.11. The highest BCUT2D eigenvalue weighted by atomic mass is 16.5. The molecule has 1 heterocycles. The van der Waals surface area contributed by atoms with E-state index in [1.165, 1.54) is 0 Å². The van der Waals surface area contributed by atoms with Gasteiger partial charge in [0.2, 0.25) is 5.91 Å². The predicted octanol–water partition coefficient (Wildman–Crippen LogP) is 4.73. The van der Waals surface area contributed by atoms with Crippen LogP contribution in [0.4, 0.5) is 0 Å². The van der Waals surface area contributed by atoms with Gasteiger partial charge in [0.1, 0.15) is 12.0 Å². The third kappa shape index (κ3) is 5.39. The van der Waals surface area contributed by atoms with E-state index in [1.807, 2.05) is 66.7 Å². The van der Waals surface area contributed by atoms with E-state index in [1.54, 1.807) is 31.1 Å². The Morgan fingerprint density at radius 2 is 1.74 bits per heavy atom. The maximum Gasteiger partial charge on any atom is 0.220 e. The topological polar surface area (TPSA) is 79.7 Å². The van der Waals surface area contributed by atoms with E-state index in [2.05, 4.69) is 0 Å². The number of carbonyl (C=O) groups excluding carboxylic acids is 2. The van der Waals surface area contributed by atoms with Crippen molar-refractivity contribution in [2.75, 3.05) is 13.7 Å². The summed E-state index contributed by atoms with van der Waals surface area (Å²) in [6.07, 6.45) is 0.739. The summed E-state index contributed by atoms with van der Waals surface area (Å²) >= 11 is 0. The molecule has 6 nitrogen and oxygen atoms in total. The Hall–Kier alpha value is -4.03. The summed E-state index contributed by atoms with van der Waals surface area (Å²) in [6, 6.07) is 25.1. The molecule has 0 aliphatic rings. The van der Waals surface area contributed by atoms with Crippen molar-refractivity contribution in [2.45, 2.75) is 25.9 Å². The zero-order valence-corrected chi connectivity index (χ0v) is 19.8. The number of aldehydes is 1. The quantitative estimate of drug-likeness (QED) is 0.359. The lowest BCUT2D eigenvalue weighted by Gasteiger charge is -2.23. The van der Waals surface area contributed by atoms with Crippen LogP contribution in [-0.4, -0.2) is 40.9 Å². The van der Waals surface area contributed by atoms with Crippen molar-refractivity contribution >= 4 is 23.1 Å². The number of ether oxygens (including phenoxy) is 1. The number of amides is 1. The van der Waals surface area contributed by atoms with Crippen molar-refractivity contribution in [1.29, 1.82) is 0 Å². The fourth-order valence-corrected chi connectivity index (χ4v) is 4.17. The van der Waals surface area contributed by atoms with E-state index in [0.717, 1.165) is 39.6 Å². The SMILES string of the molecule is COc1ccc(C(C=O)CO)cc1-c1cc2ccccc2nc1CN(Cc1ccccc1)C(C)=O. The molecule has 1 aromatic heterocycles. The normalized spacial score (nSPS) is 11.7. The number of fused-ring (bicyclic) bond motifs is 1. The first-order valence-corrected chi connectivity index (χ1v) is 11.5. The van der Waals surface area contributed by atoms with Gasteiger partial charge in [-0.25, -0.2) is 0 Å². The molecule has 0 fully saturated rings. The number of carbonyl (C=O) groups is 2. The Labute approximate surface area is 204 Å². The highest BCUT2D eigenvalue weighted by Crippen LogP contribution is 2.36. The Morgan fingerprint density at radius 1 is 1.00 bits per heavy atom. The van der Waals surface area contributed by atoms with Gasteiger partial charge in [0.15, 0.2) is 0 Å². The van der Waals surface area contributed by atoms with Gasteiger partial charge in [0.05, 0.1) is 37.4 Å². The molecular formula is C29H28N2O4. The van der Waals surface area contributed by atoms with Crippen molar-refractivity contribution in [3.8, 4) is 16.9 Å². The minimum Gasteiger partial charge on any atom is -0.496 e. The van der Waals surface area contributed by atoms with Crippen molar-refractivity contribution in [3.63, 3.8) is 0 Å². The van der Waals surface area contributed by atoms with Gasteiger partial charge in [-0.2, -0.15) is 0 Å². The van der Waals surface area contributed by atoms with Crippen LogP contribution in [0.15, 0.2) is 78.9 Å². The summed E-state index contributed by atoms with van der Waals surface area (Å²) < 4.78 is 5.66. The molecule has 0 aliphatic heterocycles. The van der Waals surface area contributed by atoms with Crippen LogP contribution in [0.2, 0.25) is 0 Å². The number of hydrogen-bond acceptors (Lipinski definition) is 5. The molecule has 0 radical (unpaired) electrons. The van der Waals surface area contributed by atoms with E-state index in [9.17, 15) is 14.7 Å². The Kier molecular flexibility index (Phi) is 7.53. The maximum atomic E-state index is 12.6. The number of aliphatic hydroxyl groups excluding tert-OH is 1. The van der Waals surface area contributed by atoms with Crippen LogP contribution in [0, 0.1) is 0 Å². The fraction of sp³-hybridized carbons (Fsp3) is 0.207. The molecule has 1 amide bonds. The molecule has 1 unspecified atom stereocenters. The molecule has 0 saturated heterocycles. The molecular weight excluding hydrogens is 440 g/mol. The zero-order chi connectivity index (χ0) is 24.8. The first-order valence-electron chi connectivity index (χ1n) is 11.5. The molecule has 6 heteroatoms. The molecule has 0 spiro atoms. The minimum atomic E-state index is -0.636. The highest BCUT2D eigenvalue weighted by molar-refractivity contribution is 5.87. The van der Waals surface area contributed by atoms with E-state index in [4.69, 9.17) is 9.72 Å². The number of para-hydroxylation sites is 1. The van der Waals surface area contributed by atoms with Crippen LogP contribution in [0.5, 0.6) is 5.75 Å². The monoisotopic (exact) mass is 468 g/mol. The second-order valence-corrected chi connectivity index (χ2v) is 8.42. The van der Waals surface area contributed by atoms with Crippen LogP contribution in [0.1, 0.15) is 29.7 Å². The van der Waals surface area contributed by atoms with Crippen LogP contribution >= 0.6 is 0 Å². The molecule has 0 bridgehead atoms. The average molecular weight is 469 g/mol. The standard InChI is InChI=1S/C29H28N2O4/c1-20(34)31(16-21-8-4-3-5-9-21)17-28-25(15-23-10-6-7-11-27(23)30-28)26-14-22(24(18-32)19-33)12-13-29(26)35-2/h3-15,18,24,33H,16-17,19H2,1-2H3. The van der Waals surface area contributed by atoms with Crippen molar-refractivity contribution in [2.24, 2.45) is 0 Å². The molecule has 178 valence electrons. The van der Waals surface area contributed by atoms with Gasteiger partial charge in [-0.3, -0.25) is 9.78 Å². The molecule has 0 aliphatic carbocycles. The molecule has 4 rings (SSSR count). The largest absolute Gasteiger partial charge is 0.496 e. The number of nitrogens with zero attached hydrogens (tertiary/aromatic N) is 2. The highest BCUT2D eigenvalue weighted by Gasteiger charge is 2.20. The molecule has 3 aromatic carbocycles. The van der Waals surface area contributed by atoms with Gasteiger partial charge >= 0.3 is 0 Å². The molecule has 4 aromatic rings. The fourth-order valence-electron chi connectivity index (χ4n) is 4.17. The summed E-state index contributed by atoms with van der Waals surface area (Å²) in [4.78, 5) is 30.8. The Bertz CT molecular complexity index is 1340. The molecule has 1 N–H and O–H groups in total. The number of rotatable bonds is 9. The summed E-state index contributed by atoms with van der Waals surface area (Å²) in [5.74, 6) is -0.0767. The summed E-state index contributed by atoms with van der Waals surface area (Å²) in [6.45, 7) is 2.03. The van der Waals surface area contributed by atoms with Gasteiger partial charge in [0.25, 0.3) is 0 Å². The first-order chi connectivity index (χ1) is 17.0. The van der Waals surface area contributed by atoms with Crippen molar-refractivity contribution in [1.82, 2.24) is 9.88 Å². The Morgan fingerprint density at radius 3 is 2.43 bits per heavy atom. The van der Waals surface area contributed by atoms with Crippen LogP contribution in [0.25, 0.3) is 22.0 Å². The van der Waals surface area contributed by atoms with E-state index in [0.29, 0.717) is 24.4 Å². The van der Waals surface area contributed by atoms with Gasteiger partial charge < -0.3 is 19.5 Å². The smallest absolute Gasteiger partial charge is 0.220 e. The second kappa shape index (κ2) is 10.9. The number of aromatic nitrogens is 1. The maximum absolute atomic E-state index is 12.6. The number of benzene rings is 3. The Balaban J connectivity index is 1.86. The zero-order valence-electron chi connectivity index (χ0n) is 19.8. The van der Waals surface area contributed by atoms with E-state index >= 15 is 0 Å². The van der Waals surface area contributed by atoms with Crippen LogP contribution in [-0.2, 0) is 22.7 Å². The van der Waals surface area contributed by atoms with Crippen molar-refractivity contribution < 1.29 is 19.4 Å². The molecule has 1 atom stereocenters. The van der Waals surface area contributed by atoms with Gasteiger partial charge in [-0.1, -0.05) is 54.6 Å². The van der Waals surface area contributed by atoms with Gasteiger partial charge in [0, 0.05) is 30.0 Å². The average Bonchev–Trinajstić information content (AvgIpc) is 2.89. The second-order valence-electron chi connectivity index (χ2n) is 8.42. The summed E-state index contributed by atoms with van der Waals surface area (Å²) in [7, 11) is 1.59. The van der Waals surface area contributed by atoms with Gasteiger partial charge in [-0.15, -0.1) is 0 Å². The minimum absolute atomic E-state index is 0.0585. The molecule has 0 saturated carbocycles.